The largest absolute Gasteiger partial charge is 0.493 e. The second-order valence-corrected chi connectivity index (χ2v) is 12.0. The summed E-state index contributed by atoms with van der Waals surface area (Å²) in [5.41, 5.74) is 8.00. The van der Waals surface area contributed by atoms with Crippen LogP contribution in [0.25, 0.3) is 11.1 Å². The minimum atomic E-state index is -0.615. The molecule has 0 amide bonds. The summed E-state index contributed by atoms with van der Waals surface area (Å²) < 4.78 is 27.8. The zero-order valence-electron chi connectivity index (χ0n) is 24.3. The second-order valence-electron chi connectivity index (χ2n) is 10.3. The van der Waals surface area contributed by atoms with Crippen molar-refractivity contribution in [2.24, 2.45) is 5.92 Å². The van der Waals surface area contributed by atoms with Crippen molar-refractivity contribution in [2.75, 3.05) is 25.2 Å². The average Bonchev–Trinajstić information content (AvgIpc) is 3.20. The molecule has 5 rings (SSSR count). The summed E-state index contributed by atoms with van der Waals surface area (Å²) in [6.45, 7) is 3.88. The smallest absolute Gasteiger partial charge is 0.292 e. The van der Waals surface area contributed by atoms with Gasteiger partial charge in [0.05, 0.1) is 13.7 Å². The van der Waals surface area contributed by atoms with E-state index in [0.29, 0.717) is 19.0 Å². The predicted molar refractivity (Wildman–Crippen MR) is 168 cm³/mol. The van der Waals surface area contributed by atoms with Crippen LogP contribution in [-0.2, 0) is 46.2 Å². The van der Waals surface area contributed by atoms with Crippen LogP contribution in [0.5, 0.6) is 11.5 Å². The number of ether oxygens (including phenoxy) is 3. The van der Waals surface area contributed by atoms with E-state index in [4.69, 9.17) is 14.3 Å². The summed E-state index contributed by atoms with van der Waals surface area (Å²) in [5, 5.41) is 0. The van der Waals surface area contributed by atoms with Crippen LogP contribution in [0.1, 0.15) is 54.9 Å². The molecule has 3 aromatic rings. The summed E-state index contributed by atoms with van der Waals surface area (Å²) in [4.78, 5) is 8.95. The minimum Gasteiger partial charge on any atom is -0.493 e. The summed E-state index contributed by atoms with van der Waals surface area (Å²) in [6.07, 6.45) is 15.6. The molecule has 1 fully saturated rings. The minimum absolute atomic E-state index is 0.375. The van der Waals surface area contributed by atoms with E-state index in [1.54, 1.807) is 0 Å². The van der Waals surface area contributed by atoms with Crippen molar-refractivity contribution in [3.63, 3.8) is 0 Å². The topological polar surface area (TPSA) is 61.8 Å². The van der Waals surface area contributed by atoms with E-state index in [1.165, 1.54) is 40.5 Å². The normalized spacial score (nSPS) is 17.1. The number of terminal acetylenes is 1. The van der Waals surface area contributed by atoms with Gasteiger partial charge in [-0.05, 0) is 108 Å². The van der Waals surface area contributed by atoms with E-state index in [-0.39, 0.29) is 0 Å². The van der Waals surface area contributed by atoms with Gasteiger partial charge < -0.3 is 14.2 Å². The van der Waals surface area contributed by atoms with E-state index < -0.39 is 10.8 Å². The summed E-state index contributed by atoms with van der Waals surface area (Å²) >= 11 is 0. The molecule has 0 unspecified atom stereocenters. The second kappa shape index (κ2) is 17.3. The van der Waals surface area contributed by atoms with Crippen LogP contribution in [0, 0.1) is 18.8 Å². The van der Waals surface area contributed by atoms with Crippen molar-refractivity contribution in [1.29, 1.82) is 0 Å². The van der Waals surface area contributed by atoms with Gasteiger partial charge in [0.2, 0.25) is 0 Å². The molecule has 0 atom stereocenters. The zero-order chi connectivity index (χ0) is 29.5. The predicted octanol–water partition coefficient (Wildman–Crippen LogP) is 6.95. The third kappa shape index (κ3) is 9.79. The lowest BCUT2D eigenvalue weighted by atomic mass is 9.95. The van der Waals surface area contributed by atoms with Crippen LogP contribution in [0.3, 0.4) is 0 Å². The van der Waals surface area contributed by atoms with Gasteiger partial charge in [-0.15, -0.1) is 12.8 Å². The first-order valence-electron chi connectivity index (χ1n) is 14.3. The Morgan fingerprint density at radius 3 is 2.20 bits per heavy atom. The van der Waals surface area contributed by atoms with Crippen LogP contribution in [0.4, 0.5) is 0 Å². The van der Waals surface area contributed by atoms with E-state index in [2.05, 4.69) is 85.2 Å². The highest BCUT2D eigenvalue weighted by Crippen LogP contribution is 2.35. The molecule has 1 saturated heterocycles. The monoisotopic (exact) mass is 574 g/mol. The van der Waals surface area contributed by atoms with Crippen molar-refractivity contribution in [3.8, 4) is 35.5 Å². The van der Waals surface area contributed by atoms with Crippen LogP contribution in [0.2, 0.25) is 0 Å². The number of aryl methyl sites for hydroxylation is 3. The van der Waals surface area contributed by atoms with Gasteiger partial charge >= 0.3 is 0 Å². The maximum absolute atomic E-state index is 11.6. The Balaban J connectivity index is 0.000000710. The quantitative estimate of drug-likeness (QED) is 0.204. The molecule has 218 valence electrons. The molecule has 5 nitrogen and oxygen atoms in total. The Morgan fingerprint density at radius 1 is 0.854 bits per heavy atom. The fourth-order valence-corrected chi connectivity index (χ4v) is 6.61. The van der Waals surface area contributed by atoms with Crippen molar-refractivity contribution >= 4 is 17.3 Å². The van der Waals surface area contributed by atoms with Crippen LogP contribution >= 0.6 is 0 Å². The van der Waals surface area contributed by atoms with Gasteiger partial charge in [-0.3, -0.25) is 9.00 Å². The summed E-state index contributed by atoms with van der Waals surface area (Å²) in [7, 11) is 0.697. The molecule has 6 heteroatoms. The number of methoxy groups -OCH3 is 1. The Hall–Kier alpha value is -3.56. The number of hydrogen-bond acceptors (Lipinski definition) is 5. The molecule has 0 aromatic heterocycles. The van der Waals surface area contributed by atoms with Gasteiger partial charge in [-0.25, -0.2) is 0 Å². The Bertz CT molecular complexity index is 1270. The lowest BCUT2D eigenvalue weighted by molar-refractivity contribution is -0.126. The Kier molecular flexibility index (Phi) is 13.5. The molecule has 3 aromatic carbocycles. The molecule has 1 aliphatic carbocycles. The van der Waals surface area contributed by atoms with Gasteiger partial charge in [-0.2, -0.15) is 0 Å². The van der Waals surface area contributed by atoms with Crippen LogP contribution in [-0.4, -0.2) is 35.9 Å². The lowest BCUT2D eigenvalue weighted by Crippen LogP contribution is -2.23. The zero-order valence-corrected chi connectivity index (χ0v) is 25.1. The standard InChI is InChI=1S/C31H36O3S.C2H4O2.C2H2/c1-2-4-23-8-11-28(12-9-23)33-22-25-7-10-26-5-3-6-27-20-29(13-14-30(27)31(26)19-25)34-21-24-15-17-35(32)18-16-24;1-4-2-3;1-2/h7-14,19-20,24H,2-6,15-18,21-22H2,1H3;2H,1H3;1-2H. The molecule has 0 bridgehead atoms. The van der Waals surface area contributed by atoms with E-state index in [0.717, 1.165) is 74.6 Å². The van der Waals surface area contributed by atoms with Gasteiger partial charge in [0.1, 0.15) is 18.1 Å². The molecule has 1 heterocycles. The highest BCUT2D eigenvalue weighted by Gasteiger charge is 2.19. The summed E-state index contributed by atoms with van der Waals surface area (Å²) in [5.74, 6) is 4.06. The van der Waals surface area contributed by atoms with Crippen LogP contribution < -0.4 is 9.47 Å². The van der Waals surface area contributed by atoms with Crippen molar-refractivity contribution in [3.05, 3.63) is 82.9 Å². The number of carbonyl (C=O) groups excluding carboxylic acids is 1. The molecule has 0 N–H and O–H groups in total. The average molecular weight is 575 g/mol. The first-order chi connectivity index (χ1) is 20.1. The molecule has 0 saturated carbocycles. The van der Waals surface area contributed by atoms with E-state index in [1.807, 2.05) is 0 Å². The number of hydrogen-bond donors (Lipinski definition) is 0. The number of fused-ring (bicyclic) bond motifs is 3. The van der Waals surface area contributed by atoms with Crippen molar-refractivity contribution < 1.29 is 23.2 Å². The Morgan fingerprint density at radius 2 is 1.51 bits per heavy atom. The number of rotatable bonds is 9. The number of benzene rings is 3. The Labute approximate surface area is 248 Å². The molecule has 2 aliphatic rings. The fourth-order valence-electron chi connectivity index (χ4n) is 5.21. The van der Waals surface area contributed by atoms with E-state index >= 15 is 0 Å². The third-order valence-corrected chi connectivity index (χ3v) is 8.77. The first kappa shape index (κ1) is 32.0. The van der Waals surface area contributed by atoms with Crippen molar-refractivity contribution in [2.45, 2.75) is 58.5 Å². The molecule has 0 spiro atoms. The maximum atomic E-state index is 11.6. The first-order valence-corrected chi connectivity index (χ1v) is 15.8. The highest BCUT2D eigenvalue weighted by atomic mass is 32.2. The maximum Gasteiger partial charge on any atom is 0.292 e. The van der Waals surface area contributed by atoms with Gasteiger partial charge in [0.15, 0.2) is 0 Å². The van der Waals surface area contributed by atoms with Gasteiger partial charge in [0, 0.05) is 22.3 Å². The van der Waals surface area contributed by atoms with Crippen LogP contribution in [0.15, 0.2) is 60.7 Å². The van der Waals surface area contributed by atoms with Crippen molar-refractivity contribution in [1.82, 2.24) is 0 Å². The van der Waals surface area contributed by atoms with E-state index in [9.17, 15) is 4.21 Å². The molecular weight excluding hydrogens is 532 g/mol. The highest BCUT2D eigenvalue weighted by molar-refractivity contribution is 7.85. The molecular formula is C35H42O5S. The fraction of sp³-hybridized carbons (Fsp3) is 0.400. The third-order valence-electron chi connectivity index (χ3n) is 7.39. The molecule has 0 radical (unpaired) electrons. The molecule has 1 aliphatic heterocycles. The number of carbonyl (C=O) groups is 1. The van der Waals surface area contributed by atoms with Gasteiger partial charge in [0.25, 0.3) is 6.47 Å². The lowest BCUT2D eigenvalue weighted by Gasteiger charge is -2.22. The SMILES string of the molecule is C#C.CCCc1ccc(OCc2ccc3c(c2)-c2ccc(OCC4CCS(=O)CC4)cc2CCC3)cc1.COC=O. The van der Waals surface area contributed by atoms with Gasteiger partial charge in [-0.1, -0.05) is 43.7 Å². The summed E-state index contributed by atoms with van der Waals surface area (Å²) in [6, 6.07) is 21.9. The molecule has 41 heavy (non-hydrogen) atoms.